The fourth-order valence-corrected chi connectivity index (χ4v) is 7.26. The van der Waals surface area contributed by atoms with Gasteiger partial charge in [-0.2, -0.15) is 27.5 Å². The first-order valence-electron chi connectivity index (χ1n) is 17.8. The highest BCUT2D eigenvalue weighted by Gasteiger charge is 2.29. The van der Waals surface area contributed by atoms with E-state index in [9.17, 15) is 16.8 Å². The minimum Gasteiger partial charge on any atom is -0.326 e. The molecule has 0 saturated carbocycles. The van der Waals surface area contributed by atoms with E-state index in [4.69, 9.17) is 21.5 Å². The van der Waals surface area contributed by atoms with Gasteiger partial charge in [-0.3, -0.25) is 0 Å². The number of nitriles is 3. The maximum absolute atomic E-state index is 12.0. The smallest absolute Gasteiger partial charge is 0.159 e. The van der Waals surface area contributed by atoms with Gasteiger partial charge in [0.1, 0.15) is 0 Å². The van der Waals surface area contributed by atoms with Crippen molar-refractivity contribution in [3.05, 3.63) is 142 Å². The van der Waals surface area contributed by atoms with Crippen molar-refractivity contribution < 1.29 is 16.8 Å². The number of benzene rings is 4. The number of sulfone groups is 2. The number of rotatable bonds is 8. The van der Waals surface area contributed by atoms with Crippen molar-refractivity contribution in [2.24, 2.45) is 5.73 Å². The van der Waals surface area contributed by atoms with Crippen LogP contribution in [0.2, 0.25) is 0 Å². The first-order chi connectivity index (χ1) is 25.9. The molecule has 4 rings (SSSR count). The molecule has 0 spiro atoms. The van der Waals surface area contributed by atoms with E-state index in [-0.39, 0.29) is 11.5 Å². The van der Waals surface area contributed by atoms with Gasteiger partial charge in [-0.25, -0.2) is 16.8 Å². The van der Waals surface area contributed by atoms with Gasteiger partial charge in [-0.05, 0) is 106 Å². The molecule has 0 radical (unpaired) electrons. The summed E-state index contributed by atoms with van der Waals surface area (Å²) in [6.45, 7) is 17.3. The average molecular weight is 880 g/mol. The van der Waals surface area contributed by atoms with Crippen LogP contribution < -0.4 is 5.73 Å². The summed E-state index contributed by atoms with van der Waals surface area (Å²) in [6.07, 6.45) is 0. The lowest BCUT2D eigenvalue weighted by Gasteiger charge is -2.19. The van der Waals surface area contributed by atoms with Gasteiger partial charge in [0.25, 0.3) is 0 Å². The van der Waals surface area contributed by atoms with Crippen molar-refractivity contribution in [1.29, 1.82) is 15.8 Å². The molecule has 0 aliphatic heterocycles. The number of hydrogen-bond acceptors (Lipinski definition) is 9. The van der Waals surface area contributed by atoms with Gasteiger partial charge in [0.2, 0.25) is 0 Å². The molecule has 2 N–H and O–H groups in total. The minimum atomic E-state index is -3.15. The molecule has 56 heavy (non-hydrogen) atoms. The van der Waals surface area contributed by atoms with Crippen LogP contribution in [0.5, 0.6) is 0 Å². The second kappa shape index (κ2) is 22.7. The van der Waals surface area contributed by atoms with Crippen molar-refractivity contribution in [2.45, 2.75) is 106 Å². The van der Waals surface area contributed by atoms with Crippen LogP contribution in [0.3, 0.4) is 0 Å². The number of nitrogens with two attached hydrogens (primary N) is 1. The largest absolute Gasteiger partial charge is 0.326 e. The Morgan fingerprint density at radius 2 is 0.804 bits per heavy atom. The lowest BCUT2D eigenvalue weighted by Crippen LogP contribution is -2.29. The van der Waals surface area contributed by atoms with E-state index in [1.807, 2.05) is 90.6 Å². The van der Waals surface area contributed by atoms with E-state index in [0.29, 0.717) is 28.0 Å². The van der Waals surface area contributed by atoms with Crippen LogP contribution in [0.25, 0.3) is 0 Å². The van der Waals surface area contributed by atoms with Crippen LogP contribution in [0.15, 0.2) is 97.1 Å². The van der Waals surface area contributed by atoms with E-state index in [1.165, 1.54) is 11.1 Å². The Kier molecular flexibility index (Phi) is 20.3. The fraction of sp³-hybridized carbons (Fsp3) is 0.386. The van der Waals surface area contributed by atoms with Gasteiger partial charge in [-0.15, -0.1) is 0 Å². The molecule has 0 aromatic heterocycles. The molecule has 0 bridgehead atoms. The molecule has 4 aromatic carbocycles. The summed E-state index contributed by atoms with van der Waals surface area (Å²) in [6, 6.07) is 35.5. The SMILES string of the molecule is CC(C)(C)S(=O)(=O)Cc1ccc(C#N)cc1.CC(C)(C)S(=O)(=O)Cc1ccc(CN)cc1.CC(C)(C)SCc1ccc(C#N)cc1.N#Cc1ccc(CBr)cc1. The van der Waals surface area contributed by atoms with Crippen molar-refractivity contribution >= 4 is 47.4 Å². The topological polar surface area (TPSA) is 166 Å². The van der Waals surface area contributed by atoms with Crippen molar-refractivity contribution in [2.75, 3.05) is 0 Å². The maximum Gasteiger partial charge on any atom is 0.159 e. The highest BCUT2D eigenvalue weighted by Crippen LogP contribution is 2.27. The summed E-state index contributed by atoms with van der Waals surface area (Å²) < 4.78 is 46.6. The van der Waals surface area contributed by atoms with E-state index < -0.39 is 29.2 Å². The molecule has 0 amide bonds. The van der Waals surface area contributed by atoms with E-state index in [1.54, 1.807) is 65.8 Å². The summed E-state index contributed by atoms with van der Waals surface area (Å²) >= 11 is 5.24. The summed E-state index contributed by atoms with van der Waals surface area (Å²) in [7, 11) is -6.25. The van der Waals surface area contributed by atoms with Crippen molar-refractivity contribution in [3.63, 3.8) is 0 Å². The number of thioether (sulfide) groups is 1. The Labute approximate surface area is 349 Å². The summed E-state index contributed by atoms with van der Waals surface area (Å²) in [5, 5.41) is 26.5. The van der Waals surface area contributed by atoms with Gasteiger partial charge in [-0.1, -0.05) is 97.4 Å². The Balaban J connectivity index is 0.000000378. The van der Waals surface area contributed by atoms with Crippen LogP contribution in [-0.4, -0.2) is 31.1 Å². The maximum atomic E-state index is 12.0. The fourth-order valence-electron chi connectivity index (χ4n) is 3.96. The molecule has 0 unspecified atom stereocenters. The summed E-state index contributed by atoms with van der Waals surface area (Å²) in [5.74, 6) is 1.11. The highest BCUT2D eigenvalue weighted by molar-refractivity contribution is 9.08. The summed E-state index contributed by atoms with van der Waals surface area (Å²) in [5.41, 5.74) is 12.5. The lowest BCUT2D eigenvalue weighted by atomic mass is 10.1. The van der Waals surface area contributed by atoms with Crippen LogP contribution in [0, 0.1) is 34.0 Å². The number of nitrogens with zero attached hydrogens (tertiary/aromatic N) is 3. The molecule has 0 saturated heterocycles. The van der Waals surface area contributed by atoms with Crippen molar-refractivity contribution in [1.82, 2.24) is 0 Å². The van der Waals surface area contributed by atoms with E-state index in [0.717, 1.165) is 27.8 Å². The van der Waals surface area contributed by atoms with Crippen LogP contribution >= 0.6 is 27.7 Å². The number of alkyl halides is 1. The molecule has 12 heteroatoms. The molecule has 0 atom stereocenters. The van der Waals surface area contributed by atoms with E-state index in [2.05, 4.69) is 48.8 Å². The van der Waals surface area contributed by atoms with Gasteiger partial charge in [0.05, 0.1) is 55.9 Å². The molecule has 0 heterocycles. The predicted molar refractivity (Wildman–Crippen MR) is 236 cm³/mol. The Hall–Kier alpha value is -3.96. The lowest BCUT2D eigenvalue weighted by molar-refractivity contribution is 0.558. The van der Waals surface area contributed by atoms with Crippen molar-refractivity contribution in [3.8, 4) is 18.2 Å². The molecule has 0 aliphatic rings. The molecular weight excluding hydrogens is 825 g/mol. The average Bonchev–Trinajstić information content (AvgIpc) is 3.14. The summed E-state index contributed by atoms with van der Waals surface area (Å²) in [4.78, 5) is 0. The van der Waals surface area contributed by atoms with E-state index >= 15 is 0 Å². The Morgan fingerprint density at radius 1 is 0.518 bits per heavy atom. The van der Waals surface area contributed by atoms with Crippen LogP contribution in [-0.2, 0) is 48.8 Å². The third-order valence-electron chi connectivity index (χ3n) is 7.91. The third kappa shape index (κ3) is 18.8. The quantitative estimate of drug-likeness (QED) is 0.170. The highest BCUT2D eigenvalue weighted by atomic mass is 79.9. The van der Waals surface area contributed by atoms with Crippen LogP contribution in [0.1, 0.15) is 107 Å². The zero-order valence-corrected chi connectivity index (χ0v) is 38.0. The first-order valence-corrected chi connectivity index (χ1v) is 23.2. The molecule has 0 aliphatic carbocycles. The predicted octanol–water partition coefficient (Wildman–Crippen LogP) is 10.2. The van der Waals surface area contributed by atoms with Gasteiger partial charge in [0, 0.05) is 22.4 Å². The second-order valence-corrected chi connectivity index (χ2v) is 23.6. The number of halogens is 1. The van der Waals surface area contributed by atoms with Gasteiger partial charge >= 0.3 is 0 Å². The first kappa shape index (κ1) is 50.1. The minimum absolute atomic E-state index is 0.0161. The zero-order chi connectivity index (χ0) is 42.8. The van der Waals surface area contributed by atoms with Crippen LogP contribution in [0.4, 0.5) is 0 Å². The second-order valence-electron chi connectivity index (χ2n) is 15.7. The molecule has 8 nitrogen and oxygen atoms in total. The molecular formula is C44H55BrN4O4S3. The zero-order valence-electron chi connectivity index (χ0n) is 33.9. The monoisotopic (exact) mass is 878 g/mol. The molecule has 0 fully saturated rings. The van der Waals surface area contributed by atoms with Gasteiger partial charge in [0.15, 0.2) is 19.7 Å². The standard InChI is InChI=1S/C12H19NO2S.C12H15NO2S.C12H15NS.C8H6BrN/c2*1-12(2,3)16(14,15)9-11-6-4-10(8-13)5-7-11;1-12(2,3)14-9-11-6-4-10(8-13)5-7-11;9-5-7-1-3-8(6-10)4-2-7/h4-7H,8-9,13H2,1-3H3;4-7H,9H2,1-3H3;4-7H,9H2,1-3H3;1-4H,5H2. The Morgan fingerprint density at radius 3 is 1.07 bits per heavy atom. The number of hydrogen-bond donors (Lipinski definition) is 1. The third-order valence-corrected chi connectivity index (χ3v) is 15.1. The van der Waals surface area contributed by atoms with Gasteiger partial charge < -0.3 is 5.73 Å². The normalized spacial score (nSPS) is 11.4. The Bertz CT molecular complexity index is 2150. The molecule has 4 aromatic rings. The molecule has 300 valence electrons.